The van der Waals surface area contributed by atoms with Crippen molar-refractivity contribution in [1.82, 2.24) is 34.3 Å². The fraction of sp³-hybridized carbons (Fsp3) is 0.400. The number of carbonyl (C=O) groups excluding carboxylic acids is 3. The third kappa shape index (κ3) is 5.56. The third-order valence-electron chi connectivity index (χ3n) is 7.68. The number of pyridine rings is 1. The maximum Gasteiger partial charge on any atom is 0.409 e. The molecule has 4 heterocycles. The van der Waals surface area contributed by atoms with Gasteiger partial charge in [0, 0.05) is 55.6 Å². The second-order valence-corrected chi connectivity index (χ2v) is 10.3. The Bertz CT molecular complexity index is 1630. The monoisotopic (exact) mass is 572 g/mol. The van der Waals surface area contributed by atoms with Gasteiger partial charge in [0.1, 0.15) is 6.04 Å². The highest BCUT2D eigenvalue weighted by Gasteiger charge is 2.29. The van der Waals surface area contributed by atoms with E-state index in [1.54, 1.807) is 53.7 Å². The number of fused-ring (bicyclic) bond motifs is 1. The lowest BCUT2D eigenvalue weighted by atomic mass is 10.0. The number of ether oxygens (including phenoxy) is 1. The van der Waals surface area contributed by atoms with Crippen LogP contribution in [0, 0.1) is 13.8 Å². The van der Waals surface area contributed by atoms with E-state index in [2.05, 4.69) is 15.5 Å². The molecule has 1 saturated heterocycles. The minimum absolute atomic E-state index is 0.105. The lowest BCUT2D eigenvalue weighted by Gasteiger charge is -2.35. The molecule has 5 rings (SSSR count). The molecule has 0 spiro atoms. The van der Waals surface area contributed by atoms with E-state index in [0.29, 0.717) is 60.9 Å². The third-order valence-corrected chi connectivity index (χ3v) is 7.68. The summed E-state index contributed by atoms with van der Waals surface area (Å²) in [6.45, 7) is 12.1. The van der Waals surface area contributed by atoms with Crippen molar-refractivity contribution in [3.05, 3.63) is 59.7 Å². The van der Waals surface area contributed by atoms with Gasteiger partial charge in [-0.2, -0.15) is 10.2 Å². The van der Waals surface area contributed by atoms with Crippen molar-refractivity contribution in [1.29, 1.82) is 0 Å². The van der Waals surface area contributed by atoms with Gasteiger partial charge in [0.25, 0.3) is 5.91 Å². The summed E-state index contributed by atoms with van der Waals surface area (Å²) in [5.41, 5.74) is 4.82. The Labute approximate surface area is 244 Å². The molecule has 12 nitrogen and oxygen atoms in total. The topological polar surface area (TPSA) is 127 Å². The fourth-order valence-electron chi connectivity index (χ4n) is 5.21. The summed E-state index contributed by atoms with van der Waals surface area (Å²) in [5.74, 6) is -0.404. The quantitative estimate of drug-likeness (QED) is 0.354. The molecule has 4 aromatic rings. The molecule has 1 aliphatic heterocycles. The molecule has 12 heteroatoms. The summed E-state index contributed by atoms with van der Waals surface area (Å²) in [6.07, 6.45) is 3.10. The van der Waals surface area contributed by atoms with Gasteiger partial charge in [0.05, 0.1) is 41.0 Å². The van der Waals surface area contributed by atoms with Crippen molar-refractivity contribution >= 4 is 34.5 Å². The Morgan fingerprint density at radius 1 is 1.05 bits per heavy atom. The molecule has 42 heavy (non-hydrogen) atoms. The normalized spacial score (nSPS) is 14.2. The van der Waals surface area contributed by atoms with Crippen LogP contribution in [0.4, 0.5) is 10.5 Å². The molecule has 1 aliphatic rings. The minimum atomic E-state index is -0.588. The van der Waals surface area contributed by atoms with Crippen LogP contribution >= 0.6 is 0 Å². The van der Waals surface area contributed by atoms with Crippen LogP contribution in [0.5, 0.6) is 0 Å². The molecule has 1 N–H and O–H groups in total. The van der Waals surface area contributed by atoms with Crippen molar-refractivity contribution < 1.29 is 19.1 Å². The van der Waals surface area contributed by atoms with Crippen LogP contribution in [0.3, 0.4) is 0 Å². The molecule has 1 atom stereocenters. The van der Waals surface area contributed by atoms with Crippen molar-refractivity contribution in [2.75, 3.05) is 38.1 Å². The van der Waals surface area contributed by atoms with E-state index in [-0.39, 0.29) is 17.9 Å². The van der Waals surface area contributed by atoms with Gasteiger partial charge < -0.3 is 19.9 Å². The van der Waals surface area contributed by atoms with Gasteiger partial charge in [-0.25, -0.2) is 9.78 Å². The Morgan fingerprint density at radius 2 is 1.76 bits per heavy atom. The molecule has 1 aromatic carbocycles. The highest BCUT2D eigenvalue weighted by molar-refractivity contribution is 6.13. The predicted molar refractivity (Wildman–Crippen MR) is 158 cm³/mol. The van der Waals surface area contributed by atoms with Crippen LogP contribution in [0.25, 0.3) is 22.2 Å². The summed E-state index contributed by atoms with van der Waals surface area (Å²) in [7, 11) is 0. The molecule has 1 unspecified atom stereocenters. The highest BCUT2D eigenvalue weighted by atomic mass is 16.6. The number of para-hydroxylation sites is 1. The molecule has 1 fully saturated rings. The number of nitrogens with zero attached hydrogens (tertiary/aromatic N) is 7. The van der Waals surface area contributed by atoms with Crippen LogP contribution in [0.1, 0.15) is 48.6 Å². The zero-order valence-corrected chi connectivity index (χ0v) is 24.6. The Kier molecular flexibility index (Phi) is 8.23. The van der Waals surface area contributed by atoms with Gasteiger partial charge in [-0.05, 0) is 46.8 Å². The average molecular weight is 573 g/mol. The number of anilines is 1. The first-order valence-electron chi connectivity index (χ1n) is 14.2. The molecule has 0 saturated carbocycles. The standard InChI is InChI=1S/C30H36N8O4/c1-6-37-20(4)24(17-31-37)26-16-23(22-10-8-9-11-25(22)32-26)28(39)33-27-18-38(34-19(27)3)21(5)29(40)35-12-14-36(15-13-35)30(41)42-7-2/h8-11,16-18,21H,6-7,12-15H2,1-5H3,(H,33,39). The van der Waals surface area contributed by atoms with E-state index < -0.39 is 6.04 Å². The number of carbonyl (C=O) groups is 3. The molecule has 0 bridgehead atoms. The minimum Gasteiger partial charge on any atom is -0.450 e. The maximum absolute atomic E-state index is 13.7. The van der Waals surface area contributed by atoms with Crippen molar-refractivity contribution in [3.8, 4) is 11.3 Å². The first kappa shape index (κ1) is 28.8. The van der Waals surface area contributed by atoms with E-state index in [9.17, 15) is 14.4 Å². The van der Waals surface area contributed by atoms with Crippen molar-refractivity contribution in [2.24, 2.45) is 0 Å². The number of hydrogen-bond donors (Lipinski definition) is 1. The first-order valence-corrected chi connectivity index (χ1v) is 14.2. The second kappa shape index (κ2) is 12.0. The summed E-state index contributed by atoms with van der Waals surface area (Å²) in [6, 6.07) is 8.75. The summed E-state index contributed by atoms with van der Waals surface area (Å²) in [5, 5.41) is 12.7. The van der Waals surface area contributed by atoms with Crippen LogP contribution in [0.2, 0.25) is 0 Å². The van der Waals surface area contributed by atoms with E-state index >= 15 is 0 Å². The number of benzene rings is 1. The molecule has 0 radical (unpaired) electrons. The molecular formula is C30H36N8O4. The summed E-state index contributed by atoms with van der Waals surface area (Å²) in [4.78, 5) is 47.1. The van der Waals surface area contributed by atoms with E-state index in [0.717, 1.165) is 23.2 Å². The number of hydrogen-bond acceptors (Lipinski definition) is 7. The van der Waals surface area contributed by atoms with Gasteiger partial charge in [-0.1, -0.05) is 18.2 Å². The molecule has 3 aromatic heterocycles. The molecule has 220 valence electrons. The molecule has 0 aliphatic carbocycles. The van der Waals surface area contributed by atoms with Crippen LogP contribution < -0.4 is 5.32 Å². The zero-order valence-electron chi connectivity index (χ0n) is 24.6. The number of aromatic nitrogens is 5. The lowest BCUT2D eigenvalue weighted by Crippen LogP contribution is -2.52. The van der Waals surface area contributed by atoms with E-state index in [4.69, 9.17) is 9.72 Å². The van der Waals surface area contributed by atoms with Gasteiger partial charge in [-0.15, -0.1) is 0 Å². The van der Waals surface area contributed by atoms with Crippen molar-refractivity contribution in [2.45, 2.75) is 47.2 Å². The number of piperazine rings is 1. The largest absolute Gasteiger partial charge is 0.450 e. The SMILES string of the molecule is CCOC(=O)N1CCN(C(=O)C(C)n2cc(NC(=O)c3cc(-c4cnn(CC)c4C)nc4ccccc34)c(C)n2)CC1. The van der Waals surface area contributed by atoms with Crippen LogP contribution in [0.15, 0.2) is 42.7 Å². The number of nitrogens with one attached hydrogen (secondary N) is 1. The molecule has 3 amide bonds. The van der Waals surface area contributed by atoms with Gasteiger partial charge >= 0.3 is 6.09 Å². The summed E-state index contributed by atoms with van der Waals surface area (Å²) < 4.78 is 8.53. The summed E-state index contributed by atoms with van der Waals surface area (Å²) >= 11 is 0. The average Bonchev–Trinajstić information content (AvgIpc) is 3.57. The maximum atomic E-state index is 13.7. The van der Waals surface area contributed by atoms with Crippen molar-refractivity contribution in [3.63, 3.8) is 0 Å². The number of rotatable bonds is 7. The Hall–Kier alpha value is -4.74. The smallest absolute Gasteiger partial charge is 0.409 e. The highest BCUT2D eigenvalue weighted by Crippen LogP contribution is 2.28. The Balaban J connectivity index is 1.34. The van der Waals surface area contributed by atoms with E-state index in [1.807, 2.05) is 42.8 Å². The van der Waals surface area contributed by atoms with Crippen LogP contribution in [-0.4, -0.2) is 85.0 Å². The Morgan fingerprint density at radius 3 is 2.45 bits per heavy atom. The first-order chi connectivity index (χ1) is 20.2. The lowest BCUT2D eigenvalue weighted by molar-refractivity contribution is -0.136. The van der Waals surface area contributed by atoms with Gasteiger partial charge in [0.15, 0.2) is 0 Å². The fourth-order valence-corrected chi connectivity index (χ4v) is 5.21. The van der Waals surface area contributed by atoms with Gasteiger partial charge in [-0.3, -0.25) is 19.0 Å². The van der Waals surface area contributed by atoms with Crippen LogP contribution in [-0.2, 0) is 16.1 Å². The van der Waals surface area contributed by atoms with Gasteiger partial charge in [0.2, 0.25) is 5.91 Å². The molecular weight excluding hydrogens is 536 g/mol. The van der Waals surface area contributed by atoms with E-state index in [1.165, 1.54) is 0 Å². The zero-order chi connectivity index (χ0) is 30.0. The second-order valence-electron chi connectivity index (χ2n) is 10.3. The predicted octanol–water partition coefficient (Wildman–Crippen LogP) is 4.05. The number of amides is 3. The number of aryl methyl sites for hydroxylation is 2.